The fourth-order valence-corrected chi connectivity index (χ4v) is 2.38. The van der Waals surface area contributed by atoms with Crippen LogP contribution in [0.1, 0.15) is 18.4 Å². The molecule has 1 aliphatic heterocycles. The highest BCUT2D eigenvalue weighted by Crippen LogP contribution is 2.31. The van der Waals surface area contributed by atoms with E-state index in [1.165, 1.54) is 18.4 Å². The lowest BCUT2D eigenvalue weighted by atomic mass is 10.0. The molecule has 1 fully saturated rings. The van der Waals surface area contributed by atoms with Gasteiger partial charge in [-0.05, 0) is 24.3 Å². The minimum absolute atomic E-state index is 0.0551. The monoisotopic (exact) mass is 243 g/mol. The number of carbonyl (C=O) groups excluding carboxylic acids is 1. The first kappa shape index (κ1) is 11.3. The summed E-state index contributed by atoms with van der Waals surface area (Å²) in [4.78, 5) is 17.6. The van der Waals surface area contributed by atoms with Crippen LogP contribution in [-0.4, -0.2) is 29.4 Å². The molecule has 4 heteroatoms. The molecule has 1 aromatic rings. The van der Waals surface area contributed by atoms with Gasteiger partial charge in [-0.15, -0.1) is 0 Å². The van der Waals surface area contributed by atoms with Crippen molar-refractivity contribution in [1.29, 1.82) is 0 Å². The predicted molar refractivity (Wildman–Crippen MR) is 70.4 cm³/mol. The van der Waals surface area contributed by atoms with Gasteiger partial charge in [-0.1, -0.05) is 30.3 Å². The molecule has 0 saturated heterocycles. The molecule has 18 heavy (non-hydrogen) atoms. The standard InChI is InChI=1S/C14H17N3O/c15-13-12(8-10-4-2-1-3-5-10)17(14(18)16-13)9-11-6-7-11/h1-5,11-12H,6-9H2,(H2,15,16,18). The Balaban J connectivity index is 1.75. The highest BCUT2D eigenvalue weighted by molar-refractivity contribution is 6.02. The lowest BCUT2D eigenvalue weighted by Gasteiger charge is -2.24. The molecule has 2 aliphatic rings. The number of nitrogens with two attached hydrogens (primary N) is 1. The fraction of sp³-hybridized carbons (Fsp3) is 0.429. The summed E-state index contributed by atoms with van der Waals surface area (Å²) in [5.41, 5.74) is 7.08. The zero-order valence-electron chi connectivity index (χ0n) is 10.2. The number of hydrogen-bond donors (Lipinski definition) is 1. The lowest BCUT2D eigenvalue weighted by Crippen LogP contribution is -2.43. The van der Waals surface area contributed by atoms with E-state index in [9.17, 15) is 4.79 Å². The first-order chi connectivity index (χ1) is 8.74. The number of amides is 2. The molecule has 1 atom stereocenters. The quantitative estimate of drug-likeness (QED) is 0.876. The van der Waals surface area contributed by atoms with Crippen LogP contribution in [0.25, 0.3) is 0 Å². The zero-order chi connectivity index (χ0) is 12.5. The number of benzene rings is 1. The molecule has 1 saturated carbocycles. The largest absolute Gasteiger partial charge is 0.385 e. The molecule has 1 aliphatic carbocycles. The maximum atomic E-state index is 11.8. The van der Waals surface area contributed by atoms with Crippen LogP contribution in [-0.2, 0) is 6.42 Å². The van der Waals surface area contributed by atoms with Gasteiger partial charge in [-0.2, -0.15) is 4.99 Å². The van der Waals surface area contributed by atoms with Crippen molar-refractivity contribution in [2.24, 2.45) is 16.6 Å². The molecule has 1 aromatic carbocycles. The topological polar surface area (TPSA) is 58.7 Å². The number of aliphatic imine (C=N–C) groups is 1. The van der Waals surface area contributed by atoms with Crippen LogP contribution in [0.3, 0.4) is 0 Å². The number of hydrogen-bond acceptors (Lipinski definition) is 2. The Morgan fingerprint density at radius 2 is 2.00 bits per heavy atom. The molecule has 2 N–H and O–H groups in total. The summed E-state index contributed by atoms with van der Waals surface area (Å²) in [6, 6.07) is 9.90. The van der Waals surface area contributed by atoms with E-state index in [1.807, 2.05) is 23.1 Å². The summed E-state index contributed by atoms with van der Waals surface area (Å²) < 4.78 is 0. The molecule has 1 heterocycles. The van der Waals surface area contributed by atoms with Crippen molar-refractivity contribution in [3.8, 4) is 0 Å². The second kappa shape index (κ2) is 4.44. The molecule has 0 aromatic heterocycles. The summed E-state index contributed by atoms with van der Waals surface area (Å²) in [5, 5.41) is 0. The average Bonchev–Trinajstić information content (AvgIpc) is 3.14. The predicted octanol–water partition coefficient (Wildman–Crippen LogP) is 1.80. The fourth-order valence-electron chi connectivity index (χ4n) is 2.38. The van der Waals surface area contributed by atoms with E-state index in [0.29, 0.717) is 11.8 Å². The Labute approximate surface area is 106 Å². The Hall–Kier alpha value is -1.84. The van der Waals surface area contributed by atoms with Gasteiger partial charge in [-0.25, -0.2) is 4.79 Å². The number of rotatable bonds is 4. The van der Waals surface area contributed by atoms with Gasteiger partial charge >= 0.3 is 6.03 Å². The van der Waals surface area contributed by atoms with E-state index >= 15 is 0 Å². The summed E-state index contributed by atoms with van der Waals surface area (Å²) in [6.45, 7) is 0.806. The number of amidine groups is 1. The molecule has 4 nitrogen and oxygen atoms in total. The molecule has 0 bridgehead atoms. The van der Waals surface area contributed by atoms with Gasteiger partial charge in [0.05, 0.1) is 6.04 Å². The number of carbonyl (C=O) groups is 1. The van der Waals surface area contributed by atoms with E-state index in [2.05, 4.69) is 17.1 Å². The Kier molecular flexibility index (Phi) is 2.78. The van der Waals surface area contributed by atoms with Gasteiger partial charge in [0.1, 0.15) is 5.84 Å². The highest BCUT2D eigenvalue weighted by Gasteiger charge is 2.37. The second-order valence-electron chi connectivity index (χ2n) is 5.12. The minimum Gasteiger partial charge on any atom is -0.385 e. The third-order valence-electron chi connectivity index (χ3n) is 3.61. The molecular weight excluding hydrogens is 226 g/mol. The van der Waals surface area contributed by atoms with Gasteiger partial charge < -0.3 is 10.6 Å². The maximum Gasteiger partial charge on any atom is 0.345 e. The summed E-state index contributed by atoms with van der Waals surface area (Å²) in [6.07, 6.45) is 3.21. The number of nitrogens with zero attached hydrogens (tertiary/aromatic N) is 2. The lowest BCUT2D eigenvalue weighted by molar-refractivity contribution is 0.203. The van der Waals surface area contributed by atoms with Crippen molar-refractivity contribution in [2.75, 3.05) is 6.54 Å². The van der Waals surface area contributed by atoms with Crippen LogP contribution < -0.4 is 5.73 Å². The van der Waals surface area contributed by atoms with Crippen LogP contribution in [0.15, 0.2) is 35.3 Å². The summed E-state index contributed by atoms with van der Waals surface area (Å²) in [7, 11) is 0. The van der Waals surface area contributed by atoms with E-state index in [4.69, 9.17) is 5.73 Å². The molecule has 0 radical (unpaired) electrons. The zero-order valence-corrected chi connectivity index (χ0v) is 10.2. The molecule has 2 amide bonds. The van der Waals surface area contributed by atoms with E-state index in [0.717, 1.165) is 13.0 Å². The highest BCUT2D eigenvalue weighted by atomic mass is 16.2. The normalized spacial score (nSPS) is 23.3. The minimum atomic E-state index is -0.166. The SMILES string of the molecule is NC1=NC(=O)N(CC2CC2)C1Cc1ccccc1. The first-order valence-electron chi connectivity index (χ1n) is 6.42. The second-order valence-corrected chi connectivity index (χ2v) is 5.12. The first-order valence-corrected chi connectivity index (χ1v) is 6.42. The van der Waals surface area contributed by atoms with Crippen LogP contribution >= 0.6 is 0 Å². The van der Waals surface area contributed by atoms with Crippen LogP contribution in [0.2, 0.25) is 0 Å². The summed E-state index contributed by atoms with van der Waals surface area (Å²) >= 11 is 0. The average molecular weight is 243 g/mol. The van der Waals surface area contributed by atoms with Crippen molar-refractivity contribution >= 4 is 11.9 Å². The van der Waals surface area contributed by atoms with Gasteiger partial charge in [0.2, 0.25) is 0 Å². The Morgan fingerprint density at radius 1 is 1.28 bits per heavy atom. The van der Waals surface area contributed by atoms with Crippen LogP contribution in [0, 0.1) is 5.92 Å². The molecule has 0 spiro atoms. The van der Waals surface area contributed by atoms with Crippen molar-refractivity contribution in [1.82, 2.24) is 4.90 Å². The third-order valence-corrected chi connectivity index (χ3v) is 3.61. The summed E-state index contributed by atoms with van der Waals surface area (Å²) in [5.74, 6) is 1.12. The number of urea groups is 1. The van der Waals surface area contributed by atoms with Crippen LogP contribution in [0.5, 0.6) is 0 Å². The third kappa shape index (κ3) is 2.23. The van der Waals surface area contributed by atoms with Crippen molar-refractivity contribution in [2.45, 2.75) is 25.3 Å². The van der Waals surface area contributed by atoms with Gasteiger partial charge in [0.25, 0.3) is 0 Å². The van der Waals surface area contributed by atoms with Crippen LogP contribution in [0.4, 0.5) is 4.79 Å². The van der Waals surface area contributed by atoms with Crippen molar-refractivity contribution in [3.05, 3.63) is 35.9 Å². The molecular formula is C14H17N3O. The maximum absolute atomic E-state index is 11.8. The van der Waals surface area contributed by atoms with E-state index in [1.54, 1.807) is 0 Å². The van der Waals surface area contributed by atoms with Gasteiger partial charge in [0, 0.05) is 13.0 Å². The Morgan fingerprint density at radius 3 is 2.67 bits per heavy atom. The van der Waals surface area contributed by atoms with E-state index < -0.39 is 0 Å². The Bertz CT molecular complexity index is 479. The smallest absolute Gasteiger partial charge is 0.345 e. The van der Waals surface area contributed by atoms with Crippen molar-refractivity contribution < 1.29 is 4.79 Å². The molecule has 1 unspecified atom stereocenters. The van der Waals surface area contributed by atoms with E-state index in [-0.39, 0.29) is 12.1 Å². The van der Waals surface area contributed by atoms with Gasteiger partial charge in [0.15, 0.2) is 0 Å². The molecule has 3 rings (SSSR count). The van der Waals surface area contributed by atoms with Gasteiger partial charge in [-0.3, -0.25) is 0 Å². The molecule has 94 valence electrons. The van der Waals surface area contributed by atoms with Crippen molar-refractivity contribution in [3.63, 3.8) is 0 Å².